The maximum atomic E-state index is 15.7. The number of carbonyl (C=O) groups is 2. The number of alkyl halides is 3. The van der Waals surface area contributed by atoms with Crippen LogP contribution in [0.2, 0.25) is 5.02 Å². The molecule has 56 heavy (non-hydrogen) atoms. The van der Waals surface area contributed by atoms with Crippen LogP contribution in [-0.4, -0.2) is 60.6 Å². The van der Waals surface area contributed by atoms with Gasteiger partial charge in [0.1, 0.15) is 29.0 Å². The first kappa shape index (κ1) is 39.5. The number of ether oxygens (including phenoxy) is 3. The average Bonchev–Trinajstić information content (AvgIpc) is 3.92. The van der Waals surface area contributed by atoms with Gasteiger partial charge in [-0.2, -0.15) is 18.2 Å². The molecule has 2 fully saturated rings. The van der Waals surface area contributed by atoms with Gasteiger partial charge < -0.3 is 24.6 Å². The fourth-order valence-electron chi connectivity index (χ4n) is 8.20. The monoisotopic (exact) mass is 795 g/mol. The van der Waals surface area contributed by atoms with Gasteiger partial charge in [0, 0.05) is 54.7 Å². The van der Waals surface area contributed by atoms with Crippen LogP contribution in [0.5, 0.6) is 17.5 Å². The van der Waals surface area contributed by atoms with Gasteiger partial charge in [-0.3, -0.25) is 14.5 Å². The van der Waals surface area contributed by atoms with E-state index in [0.29, 0.717) is 83.8 Å². The zero-order valence-corrected chi connectivity index (χ0v) is 31.7. The number of aromatic nitrogens is 1. The lowest BCUT2D eigenvalue weighted by molar-refractivity contribution is -0.141. The Hall–Kier alpha value is -4.72. The molecule has 2 N–H and O–H groups in total. The summed E-state index contributed by atoms with van der Waals surface area (Å²) in [5.74, 6) is -1.76. The van der Waals surface area contributed by atoms with E-state index in [2.05, 4.69) is 10.3 Å². The van der Waals surface area contributed by atoms with Crippen molar-refractivity contribution in [3.8, 4) is 39.8 Å². The predicted molar refractivity (Wildman–Crippen MR) is 201 cm³/mol. The Morgan fingerprint density at radius 1 is 1.00 bits per heavy atom. The number of nitrogens with one attached hydrogen (secondary N) is 1. The number of likely N-dealkylation sites (tertiary alicyclic amines) is 1. The van der Waals surface area contributed by atoms with E-state index in [4.69, 9.17) is 25.8 Å². The lowest BCUT2D eigenvalue weighted by Gasteiger charge is -2.22. The van der Waals surface area contributed by atoms with E-state index in [1.807, 2.05) is 24.3 Å². The SMILES string of the molecule is COc1cc(-c2cccc(-c3cccc4c3CC[C@@H]4Oc3nc(OC)c(CN4CC[C@@H](C(=O)O)C4)cc3C(F)(F)F)c2Cl)cc(F)c1CNC[C@@H]1CCC(=O)C1. The first-order chi connectivity index (χ1) is 26.8. The third kappa shape index (κ3) is 8.21. The highest BCUT2D eigenvalue weighted by molar-refractivity contribution is 6.36. The van der Waals surface area contributed by atoms with Crippen LogP contribution >= 0.6 is 11.6 Å². The van der Waals surface area contributed by atoms with E-state index in [0.717, 1.165) is 23.6 Å². The first-order valence-electron chi connectivity index (χ1n) is 18.6. The molecule has 0 bridgehead atoms. The van der Waals surface area contributed by atoms with E-state index in [9.17, 15) is 27.9 Å². The molecular formula is C42H42ClF4N3O6. The second kappa shape index (κ2) is 16.4. The summed E-state index contributed by atoms with van der Waals surface area (Å²) in [6, 6.07) is 15.1. The highest BCUT2D eigenvalue weighted by Crippen LogP contribution is 2.46. The largest absolute Gasteiger partial charge is 0.496 e. The number of methoxy groups -OCH3 is 2. The summed E-state index contributed by atoms with van der Waals surface area (Å²) >= 11 is 7.09. The van der Waals surface area contributed by atoms with Gasteiger partial charge in [0.05, 0.1) is 25.2 Å². The number of hydrogen-bond donors (Lipinski definition) is 2. The molecule has 3 atom stereocenters. The van der Waals surface area contributed by atoms with Crippen LogP contribution in [0.4, 0.5) is 17.6 Å². The molecule has 2 aliphatic carbocycles. The molecule has 0 unspecified atom stereocenters. The molecule has 296 valence electrons. The molecule has 7 rings (SSSR count). The number of fused-ring (bicyclic) bond motifs is 1. The van der Waals surface area contributed by atoms with Crippen molar-refractivity contribution in [2.75, 3.05) is 33.9 Å². The molecule has 14 heteroatoms. The Labute approximate surface area is 326 Å². The summed E-state index contributed by atoms with van der Waals surface area (Å²) in [7, 11) is 2.80. The lowest BCUT2D eigenvalue weighted by atomic mass is 9.93. The fourth-order valence-corrected chi connectivity index (χ4v) is 8.54. The number of carboxylic acid groups (broad SMARTS) is 1. The van der Waals surface area contributed by atoms with Gasteiger partial charge in [-0.1, -0.05) is 48.0 Å². The molecule has 4 aromatic rings. The molecule has 9 nitrogen and oxygen atoms in total. The number of halogens is 5. The Morgan fingerprint density at radius 2 is 1.77 bits per heavy atom. The third-order valence-corrected chi connectivity index (χ3v) is 11.5. The summed E-state index contributed by atoms with van der Waals surface area (Å²) in [5, 5.41) is 13.0. The van der Waals surface area contributed by atoms with Crippen molar-refractivity contribution in [1.82, 2.24) is 15.2 Å². The highest BCUT2D eigenvalue weighted by Gasteiger charge is 2.39. The minimum absolute atomic E-state index is 0.0264. The van der Waals surface area contributed by atoms with E-state index in [1.54, 1.807) is 23.1 Å². The Bertz CT molecular complexity index is 2150. The molecule has 1 saturated carbocycles. The van der Waals surface area contributed by atoms with Crippen molar-refractivity contribution >= 4 is 23.4 Å². The molecule has 1 aromatic heterocycles. The smallest absolute Gasteiger partial charge is 0.421 e. The number of carboxylic acids is 1. The summed E-state index contributed by atoms with van der Waals surface area (Å²) in [6.45, 7) is 1.53. The van der Waals surface area contributed by atoms with Crippen LogP contribution in [0.25, 0.3) is 22.3 Å². The van der Waals surface area contributed by atoms with Crippen LogP contribution in [0.15, 0.2) is 54.6 Å². The molecule has 3 aromatic carbocycles. The number of pyridine rings is 1. The summed E-state index contributed by atoms with van der Waals surface area (Å²) in [5.41, 5.74) is 3.62. The molecule has 0 spiro atoms. The number of nitrogens with zero attached hydrogens (tertiary/aromatic N) is 2. The second-order valence-corrected chi connectivity index (χ2v) is 15.0. The van der Waals surface area contributed by atoms with E-state index >= 15 is 4.39 Å². The van der Waals surface area contributed by atoms with Crippen molar-refractivity contribution in [2.24, 2.45) is 11.8 Å². The predicted octanol–water partition coefficient (Wildman–Crippen LogP) is 8.68. The Morgan fingerprint density at radius 3 is 2.46 bits per heavy atom. The zero-order valence-electron chi connectivity index (χ0n) is 31.0. The topological polar surface area (TPSA) is 110 Å². The maximum absolute atomic E-state index is 15.7. The van der Waals surface area contributed by atoms with Gasteiger partial charge in [0.15, 0.2) is 0 Å². The minimum atomic E-state index is -4.79. The number of aliphatic carboxylic acids is 1. The van der Waals surface area contributed by atoms with Gasteiger partial charge in [0.25, 0.3) is 0 Å². The molecule has 3 aliphatic rings. The standard InChI is InChI=1S/C42H42ClF4N3O6/c1-54-37-18-25(17-35(44)33(37)20-48-19-23-9-10-27(51)15-23)28-5-3-8-32(38(28)43)29-6-4-7-31-30(29)11-12-36(31)56-40-34(42(45,46)47)16-26(39(49-40)55-2)22-50-14-13-24(21-50)41(52)53/h3-8,16-18,23-24,36,48H,9-15,19-22H2,1-2H3,(H,52,53)/t23-,24-,36+/m1/s1. The number of rotatable bonds is 13. The molecule has 2 heterocycles. The minimum Gasteiger partial charge on any atom is -0.496 e. The van der Waals surface area contributed by atoms with Gasteiger partial charge in [-0.25, -0.2) is 4.39 Å². The molecule has 0 radical (unpaired) electrons. The lowest BCUT2D eigenvalue weighted by Crippen LogP contribution is -2.24. The Kier molecular flexibility index (Phi) is 11.6. The van der Waals surface area contributed by atoms with E-state index < -0.39 is 41.4 Å². The molecule has 1 aliphatic heterocycles. The van der Waals surface area contributed by atoms with Crippen molar-refractivity contribution < 1.29 is 46.5 Å². The van der Waals surface area contributed by atoms with Crippen molar-refractivity contribution in [1.29, 1.82) is 0 Å². The zero-order chi connectivity index (χ0) is 39.7. The summed E-state index contributed by atoms with van der Waals surface area (Å²) < 4.78 is 76.4. The second-order valence-electron chi connectivity index (χ2n) is 14.7. The molecular weight excluding hydrogens is 754 g/mol. The normalized spacial score (nSPS) is 19.7. The Balaban J connectivity index is 1.14. The highest BCUT2D eigenvalue weighted by atomic mass is 35.5. The van der Waals surface area contributed by atoms with E-state index in [-0.39, 0.29) is 42.8 Å². The van der Waals surface area contributed by atoms with Gasteiger partial charge in [0.2, 0.25) is 11.8 Å². The van der Waals surface area contributed by atoms with Crippen LogP contribution < -0.4 is 19.5 Å². The number of carbonyl (C=O) groups excluding carboxylic acids is 1. The number of hydrogen-bond acceptors (Lipinski definition) is 8. The number of benzene rings is 3. The third-order valence-electron chi connectivity index (χ3n) is 11.1. The molecule has 0 amide bonds. The van der Waals surface area contributed by atoms with Crippen molar-refractivity contribution in [3.63, 3.8) is 0 Å². The van der Waals surface area contributed by atoms with Crippen LogP contribution in [0, 0.1) is 17.7 Å². The number of Topliss-reactive ketones (excluding diaryl/α,β-unsaturated/α-hetero) is 1. The van der Waals surface area contributed by atoms with Crippen LogP contribution in [0.1, 0.15) is 66.0 Å². The van der Waals surface area contributed by atoms with Crippen LogP contribution in [-0.2, 0) is 35.3 Å². The fraction of sp³-hybridized carbons (Fsp3) is 0.405. The van der Waals surface area contributed by atoms with Crippen LogP contribution in [0.3, 0.4) is 0 Å². The maximum Gasteiger partial charge on any atom is 0.421 e. The van der Waals surface area contributed by atoms with Gasteiger partial charge >= 0.3 is 12.1 Å². The summed E-state index contributed by atoms with van der Waals surface area (Å²) in [4.78, 5) is 29.1. The van der Waals surface area contributed by atoms with Crippen molar-refractivity contribution in [3.05, 3.63) is 93.3 Å². The summed E-state index contributed by atoms with van der Waals surface area (Å²) in [6.07, 6.45) is -2.31. The quantitative estimate of drug-likeness (QED) is 0.129. The first-order valence-corrected chi connectivity index (χ1v) is 19.0. The van der Waals surface area contributed by atoms with E-state index in [1.165, 1.54) is 20.3 Å². The van der Waals surface area contributed by atoms with Gasteiger partial charge in [-0.15, -0.1) is 0 Å². The number of ketones is 1. The van der Waals surface area contributed by atoms with Crippen molar-refractivity contribution in [2.45, 2.75) is 63.9 Å². The average molecular weight is 796 g/mol. The van der Waals surface area contributed by atoms with Gasteiger partial charge in [-0.05, 0) is 85.1 Å². The molecule has 1 saturated heterocycles.